The number of hydrogen-bond acceptors (Lipinski definition) is 0. The molecule has 2 nitrogen and oxygen atoms in total. The first-order valence-corrected chi connectivity index (χ1v) is 5.03. The van der Waals surface area contributed by atoms with E-state index in [2.05, 4.69) is 29.2 Å². The maximum absolute atomic E-state index is 3.52. The fraction of sp³-hybridized carbons (Fsp3) is 0.333. The van der Waals surface area contributed by atoms with Gasteiger partial charge in [-0.1, -0.05) is 18.2 Å². The minimum atomic E-state index is 0. The summed E-state index contributed by atoms with van der Waals surface area (Å²) in [6.07, 6.45) is 5.21. The monoisotopic (exact) mass is 185 g/mol. The lowest BCUT2D eigenvalue weighted by Crippen LogP contribution is -1.99. The van der Waals surface area contributed by atoms with Gasteiger partial charge in [-0.2, -0.15) is 0 Å². The normalized spacial score (nSPS) is 14.9. The van der Waals surface area contributed by atoms with E-state index >= 15 is 0 Å². The summed E-state index contributed by atoms with van der Waals surface area (Å²) in [5.74, 6) is 0. The largest absolute Gasteiger partial charge is 0.358 e. The summed E-state index contributed by atoms with van der Waals surface area (Å²) < 4.78 is 0. The van der Waals surface area contributed by atoms with Crippen LogP contribution in [0.5, 0.6) is 0 Å². The van der Waals surface area contributed by atoms with Gasteiger partial charge in [0.15, 0.2) is 0 Å². The lowest BCUT2D eigenvalue weighted by Gasteiger charge is -2.10. The van der Waals surface area contributed by atoms with Crippen LogP contribution in [0, 0.1) is 0 Å². The average molecular weight is 185 g/mol. The highest BCUT2D eigenvalue weighted by molar-refractivity contribution is 5.84. The minimum Gasteiger partial charge on any atom is -0.358 e. The fourth-order valence-electron chi connectivity index (χ4n) is 2.36. The fourth-order valence-corrected chi connectivity index (χ4v) is 2.36. The number of H-pyrrole nitrogens is 1. The SMILES string of the molecule is [N].c1ccc2c3c([nH]c2c1)CCCC3. The first kappa shape index (κ1) is 9.28. The van der Waals surface area contributed by atoms with Crippen LogP contribution in [0.3, 0.4) is 0 Å². The van der Waals surface area contributed by atoms with Gasteiger partial charge in [0.1, 0.15) is 0 Å². The van der Waals surface area contributed by atoms with Crippen LogP contribution in [0.25, 0.3) is 10.9 Å². The van der Waals surface area contributed by atoms with Crippen LogP contribution in [0.4, 0.5) is 0 Å². The Kier molecular flexibility index (Phi) is 2.30. The Bertz CT molecular complexity index is 443. The summed E-state index contributed by atoms with van der Waals surface area (Å²) in [5, 5.41) is 1.44. The molecule has 14 heavy (non-hydrogen) atoms. The van der Waals surface area contributed by atoms with Gasteiger partial charge < -0.3 is 4.98 Å². The molecular weight excluding hydrogens is 172 g/mol. The predicted octanol–water partition coefficient (Wildman–Crippen LogP) is 2.57. The number of hydrogen-bond donors (Lipinski definition) is 1. The Hall–Kier alpha value is -1.28. The van der Waals surface area contributed by atoms with Crippen molar-refractivity contribution < 1.29 is 0 Å². The number of aryl methyl sites for hydroxylation is 2. The van der Waals surface area contributed by atoms with Gasteiger partial charge in [0, 0.05) is 22.7 Å². The minimum absolute atomic E-state index is 0. The number of aromatic amines is 1. The van der Waals surface area contributed by atoms with E-state index in [0.29, 0.717) is 0 Å². The van der Waals surface area contributed by atoms with Gasteiger partial charge in [-0.05, 0) is 37.3 Å². The molecule has 0 atom stereocenters. The molecule has 3 radical (unpaired) electrons. The van der Waals surface area contributed by atoms with Crippen molar-refractivity contribution in [1.29, 1.82) is 0 Å². The van der Waals surface area contributed by atoms with Crippen molar-refractivity contribution in [1.82, 2.24) is 11.1 Å². The zero-order chi connectivity index (χ0) is 8.67. The topological polar surface area (TPSA) is 46.3 Å². The number of nitrogens with one attached hydrogen (secondary N) is 1. The molecule has 0 amide bonds. The molecule has 1 N–H and O–H groups in total. The molecule has 0 unspecified atom stereocenters. The van der Waals surface area contributed by atoms with E-state index in [1.807, 2.05) is 0 Å². The second-order valence-corrected chi connectivity index (χ2v) is 3.83. The third-order valence-electron chi connectivity index (χ3n) is 3.01. The lowest BCUT2D eigenvalue weighted by atomic mass is 9.96. The van der Waals surface area contributed by atoms with Crippen molar-refractivity contribution in [2.24, 2.45) is 0 Å². The summed E-state index contributed by atoms with van der Waals surface area (Å²) in [6, 6.07) is 8.64. The molecule has 1 heterocycles. The standard InChI is InChI=1S/C12H13N.N/c1-3-7-11-9(5-1)10-6-2-4-8-12(10)13-11;/h1,3,5,7,13H,2,4,6,8H2;. The number of nitrogens with zero attached hydrogens (tertiary/aromatic N) is 1. The zero-order valence-corrected chi connectivity index (χ0v) is 8.09. The average Bonchev–Trinajstić information content (AvgIpc) is 2.56. The number of rotatable bonds is 0. The van der Waals surface area contributed by atoms with Gasteiger partial charge in [-0.25, -0.2) is 0 Å². The Morgan fingerprint density at radius 3 is 2.71 bits per heavy atom. The third-order valence-corrected chi connectivity index (χ3v) is 3.01. The molecule has 1 aliphatic rings. The number of para-hydroxylation sites is 1. The highest BCUT2D eigenvalue weighted by atomic mass is 14.7. The maximum atomic E-state index is 3.52. The Morgan fingerprint density at radius 1 is 1.00 bits per heavy atom. The maximum Gasteiger partial charge on any atom is 0.0458 e. The van der Waals surface area contributed by atoms with Crippen molar-refractivity contribution in [3.05, 3.63) is 35.5 Å². The van der Waals surface area contributed by atoms with Crippen LogP contribution < -0.4 is 6.15 Å². The lowest BCUT2D eigenvalue weighted by molar-refractivity contribution is 0.680. The van der Waals surface area contributed by atoms with Crippen LogP contribution in [0.1, 0.15) is 24.1 Å². The van der Waals surface area contributed by atoms with E-state index in [1.54, 1.807) is 5.56 Å². The molecule has 2 heteroatoms. The summed E-state index contributed by atoms with van der Waals surface area (Å²) >= 11 is 0. The second-order valence-electron chi connectivity index (χ2n) is 3.83. The summed E-state index contributed by atoms with van der Waals surface area (Å²) in [5.41, 5.74) is 4.36. The van der Waals surface area contributed by atoms with E-state index in [9.17, 15) is 0 Å². The number of fused-ring (bicyclic) bond motifs is 3. The molecule has 0 fully saturated rings. The highest BCUT2D eigenvalue weighted by Crippen LogP contribution is 2.28. The van der Waals surface area contributed by atoms with Crippen molar-refractivity contribution in [2.45, 2.75) is 25.7 Å². The third kappa shape index (κ3) is 1.23. The Balaban J connectivity index is 0.000000750. The van der Waals surface area contributed by atoms with Gasteiger partial charge in [-0.3, -0.25) is 0 Å². The van der Waals surface area contributed by atoms with Gasteiger partial charge in [-0.15, -0.1) is 0 Å². The summed E-state index contributed by atoms with van der Waals surface area (Å²) in [4.78, 5) is 3.52. The van der Waals surface area contributed by atoms with Gasteiger partial charge in [0.05, 0.1) is 0 Å². The molecule has 0 spiro atoms. The molecular formula is C12H13N2. The predicted molar refractivity (Wildman–Crippen MR) is 57.1 cm³/mol. The molecule has 0 saturated carbocycles. The van der Waals surface area contributed by atoms with Gasteiger partial charge in [0.2, 0.25) is 0 Å². The van der Waals surface area contributed by atoms with Crippen LogP contribution >= 0.6 is 0 Å². The van der Waals surface area contributed by atoms with E-state index in [-0.39, 0.29) is 6.15 Å². The molecule has 3 rings (SSSR count). The summed E-state index contributed by atoms with van der Waals surface area (Å²) in [6.45, 7) is 0. The van der Waals surface area contributed by atoms with Crippen LogP contribution in [0.2, 0.25) is 0 Å². The van der Waals surface area contributed by atoms with Crippen LogP contribution in [-0.4, -0.2) is 4.98 Å². The first-order chi connectivity index (χ1) is 6.45. The van der Waals surface area contributed by atoms with Crippen LogP contribution in [0.15, 0.2) is 24.3 Å². The van der Waals surface area contributed by atoms with E-state index in [1.165, 1.54) is 42.3 Å². The molecule has 2 aromatic rings. The number of benzene rings is 1. The molecule has 0 bridgehead atoms. The van der Waals surface area contributed by atoms with Crippen molar-refractivity contribution >= 4 is 10.9 Å². The molecule has 0 saturated heterocycles. The van der Waals surface area contributed by atoms with Crippen molar-refractivity contribution in [2.75, 3.05) is 0 Å². The molecule has 1 aromatic carbocycles. The van der Waals surface area contributed by atoms with Gasteiger partial charge in [0.25, 0.3) is 0 Å². The van der Waals surface area contributed by atoms with E-state index in [4.69, 9.17) is 0 Å². The Morgan fingerprint density at radius 2 is 1.79 bits per heavy atom. The number of aromatic nitrogens is 1. The van der Waals surface area contributed by atoms with Crippen molar-refractivity contribution in [3.63, 3.8) is 0 Å². The van der Waals surface area contributed by atoms with Crippen LogP contribution in [-0.2, 0) is 12.8 Å². The van der Waals surface area contributed by atoms with Gasteiger partial charge >= 0.3 is 0 Å². The zero-order valence-electron chi connectivity index (χ0n) is 8.09. The second kappa shape index (κ2) is 3.46. The molecule has 1 aromatic heterocycles. The summed E-state index contributed by atoms with van der Waals surface area (Å²) in [7, 11) is 0. The van der Waals surface area contributed by atoms with Crippen molar-refractivity contribution in [3.8, 4) is 0 Å². The highest BCUT2D eigenvalue weighted by Gasteiger charge is 2.13. The Labute approximate surface area is 83.9 Å². The molecule has 71 valence electrons. The smallest absolute Gasteiger partial charge is 0.0458 e. The van der Waals surface area contributed by atoms with E-state index < -0.39 is 0 Å². The quantitative estimate of drug-likeness (QED) is 0.655. The molecule has 0 aliphatic heterocycles. The first-order valence-electron chi connectivity index (χ1n) is 5.03. The van der Waals surface area contributed by atoms with E-state index in [0.717, 1.165) is 0 Å². The molecule has 1 aliphatic carbocycles.